The molecule has 0 aromatic carbocycles. The number of hydrogen-bond donors (Lipinski definition) is 4. The van der Waals surface area contributed by atoms with Crippen molar-refractivity contribution in [3.63, 3.8) is 0 Å². The van der Waals surface area contributed by atoms with E-state index in [-0.39, 0.29) is 32.1 Å². The maximum Gasteiger partial charge on any atom is 0.360 e. The number of esters is 1. The molecular weight excluding hydrogens is 360 g/mol. The van der Waals surface area contributed by atoms with Crippen LogP contribution in [0.3, 0.4) is 0 Å². The topological polar surface area (TPSA) is 139 Å². The van der Waals surface area contributed by atoms with Crippen molar-refractivity contribution < 1.29 is 29.3 Å². The maximum atomic E-state index is 12.1. The van der Waals surface area contributed by atoms with Crippen LogP contribution in [0.4, 0.5) is 0 Å². The maximum absolute atomic E-state index is 12.1. The van der Waals surface area contributed by atoms with Gasteiger partial charge in [-0.1, -0.05) is 5.21 Å². The van der Waals surface area contributed by atoms with E-state index in [9.17, 15) is 20.1 Å². The summed E-state index contributed by atoms with van der Waals surface area (Å²) in [7, 11) is -1.86. The van der Waals surface area contributed by atoms with Gasteiger partial charge in [-0.15, -0.1) is 5.10 Å². The van der Waals surface area contributed by atoms with Gasteiger partial charge in [-0.3, -0.25) is 0 Å². The van der Waals surface area contributed by atoms with Crippen LogP contribution < -0.4 is 5.32 Å². The van der Waals surface area contributed by atoms with Gasteiger partial charge < -0.3 is 29.8 Å². The monoisotopic (exact) mass is 388 g/mol. The molecule has 1 aliphatic rings. The molecule has 2 rings (SSSR count). The summed E-state index contributed by atoms with van der Waals surface area (Å²) < 4.78 is 12.4. The minimum atomic E-state index is -1.86. The molecule has 0 radical (unpaired) electrons. The highest BCUT2D eigenvalue weighted by Crippen LogP contribution is 2.19. The third-order valence-electron chi connectivity index (χ3n) is 4.12. The first-order chi connectivity index (χ1) is 12.2. The van der Waals surface area contributed by atoms with Crippen molar-refractivity contribution in [1.29, 1.82) is 0 Å². The van der Waals surface area contributed by atoms with Gasteiger partial charge >= 0.3 is 5.97 Å². The van der Waals surface area contributed by atoms with Gasteiger partial charge in [-0.05, 0) is 26.6 Å². The van der Waals surface area contributed by atoms with Gasteiger partial charge in [-0.2, -0.15) is 0 Å². The largest absolute Gasteiger partial charge is 0.461 e. The average molecular weight is 388 g/mol. The second-order valence-electron chi connectivity index (χ2n) is 7.23. The summed E-state index contributed by atoms with van der Waals surface area (Å²) in [5.74, 6) is -0.582. The lowest BCUT2D eigenvalue weighted by Gasteiger charge is -2.20. The zero-order valence-corrected chi connectivity index (χ0v) is 16.5. The van der Waals surface area contributed by atoms with Crippen LogP contribution in [-0.4, -0.2) is 82.1 Å². The number of aliphatic hydroxyl groups is 3. The highest BCUT2D eigenvalue weighted by atomic mass is 28.4. The Morgan fingerprint density at radius 1 is 1.27 bits per heavy atom. The highest BCUT2D eigenvalue weighted by molar-refractivity contribution is 6.69. The number of nitrogens with zero attached hydrogens (tertiary/aromatic N) is 3. The molecule has 1 aromatic heterocycles. The molecule has 0 spiro atoms. The van der Waals surface area contributed by atoms with Crippen LogP contribution >= 0.6 is 0 Å². The van der Waals surface area contributed by atoms with E-state index in [2.05, 4.69) is 15.6 Å². The highest BCUT2D eigenvalue weighted by Gasteiger charge is 2.41. The molecule has 0 aliphatic carbocycles. The van der Waals surface area contributed by atoms with Crippen molar-refractivity contribution in [3.05, 3.63) is 11.4 Å². The average Bonchev–Trinajstić information content (AvgIpc) is 3.08. The van der Waals surface area contributed by atoms with E-state index < -0.39 is 38.6 Å². The SMILES string of the molecule is CCOC(=O)c1nnn(C[C@H]2N[C@H](CO)[C@@H](O)[C@@H]2O)c1CO[Si](C)(C)C. The summed E-state index contributed by atoms with van der Waals surface area (Å²) in [5.41, 5.74) is 0.540. The van der Waals surface area contributed by atoms with Gasteiger partial charge in [0.2, 0.25) is 0 Å². The van der Waals surface area contributed by atoms with Gasteiger partial charge in [0.25, 0.3) is 0 Å². The number of hydrogen-bond acceptors (Lipinski definition) is 9. The van der Waals surface area contributed by atoms with E-state index in [1.165, 1.54) is 4.68 Å². The number of carbonyl (C=O) groups is 1. The number of aromatic nitrogens is 3. The molecule has 0 amide bonds. The molecule has 1 aromatic rings. The first kappa shape index (κ1) is 20.9. The molecule has 1 saturated heterocycles. The molecule has 1 aliphatic heterocycles. The Kier molecular flexibility index (Phi) is 6.88. The van der Waals surface area contributed by atoms with Gasteiger partial charge in [0.05, 0.1) is 56.4 Å². The van der Waals surface area contributed by atoms with E-state index >= 15 is 0 Å². The molecule has 10 nitrogen and oxygen atoms in total. The summed E-state index contributed by atoms with van der Waals surface area (Å²) in [6.07, 6.45) is -2.16. The lowest BCUT2D eigenvalue weighted by atomic mass is 10.1. The summed E-state index contributed by atoms with van der Waals surface area (Å²) in [6.45, 7) is 7.99. The van der Waals surface area contributed by atoms with Crippen LogP contribution in [0.5, 0.6) is 0 Å². The predicted octanol–water partition coefficient (Wildman–Crippen LogP) is -1.14. The van der Waals surface area contributed by atoms with E-state index in [0.29, 0.717) is 5.69 Å². The number of nitrogens with one attached hydrogen (secondary N) is 1. The Morgan fingerprint density at radius 3 is 2.46 bits per heavy atom. The minimum Gasteiger partial charge on any atom is -0.461 e. The first-order valence-corrected chi connectivity index (χ1v) is 12.0. The van der Waals surface area contributed by atoms with Crippen LogP contribution in [0.25, 0.3) is 0 Å². The number of ether oxygens (including phenoxy) is 1. The molecule has 26 heavy (non-hydrogen) atoms. The van der Waals surface area contributed by atoms with Crippen LogP contribution in [0.2, 0.25) is 19.6 Å². The molecule has 11 heteroatoms. The quantitative estimate of drug-likeness (QED) is 0.321. The zero-order valence-electron chi connectivity index (χ0n) is 15.5. The van der Waals surface area contributed by atoms with Crippen molar-refractivity contribution in [3.8, 4) is 0 Å². The molecule has 2 heterocycles. The molecule has 0 saturated carbocycles. The Bertz CT molecular complexity index is 620. The van der Waals surface area contributed by atoms with E-state index in [1.54, 1.807) is 6.92 Å². The molecule has 148 valence electrons. The molecule has 0 bridgehead atoms. The molecular formula is C15H28N4O6Si. The Hall–Kier alpha value is -1.37. The van der Waals surface area contributed by atoms with Gasteiger partial charge in [-0.25, -0.2) is 9.48 Å². The Balaban J connectivity index is 2.23. The van der Waals surface area contributed by atoms with Gasteiger partial charge in [0, 0.05) is 0 Å². The van der Waals surface area contributed by atoms with E-state index in [4.69, 9.17) is 9.16 Å². The molecule has 4 N–H and O–H groups in total. The van der Waals surface area contributed by atoms with Gasteiger partial charge in [0.1, 0.15) is 0 Å². The second kappa shape index (κ2) is 8.54. The van der Waals surface area contributed by atoms with Crippen LogP contribution in [0.1, 0.15) is 23.1 Å². The van der Waals surface area contributed by atoms with Crippen LogP contribution in [-0.2, 0) is 22.3 Å². The Morgan fingerprint density at radius 2 is 1.92 bits per heavy atom. The minimum absolute atomic E-state index is 0.0804. The third kappa shape index (κ3) is 4.87. The van der Waals surface area contributed by atoms with Crippen LogP contribution in [0.15, 0.2) is 0 Å². The van der Waals surface area contributed by atoms with E-state index in [0.717, 1.165) is 0 Å². The van der Waals surface area contributed by atoms with Gasteiger partial charge in [0.15, 0.2) is 14.0 Å². The smallest absolute Gasteiger partial charge is 0.360 e. The van der Waals surface area contributed by atoms with E-state index in [1.807, 2.05) is 19.6 Å². The number of aliphatic hydroxyl groups excluding tert-OH is 3. The lowest BCUT2D eigenvalue weighted by Crippen LogP contribution is -2.39. The number of carbonyl (C=O) groups excluding carboxylic acids is 1. The van der Waals surface area contributed by atoms with Crippen molar-refractivity contribution in [2.45, 2.75) is 64.0 Å². The normalized spacial score (nSPS) is 26.3. The fourth-order valence-corrected chi connectivity index (χ4v) is 3.29. The van der Waals surface area contributed by atoms with Crippen molar-refractivity contribution in [2.24, 2.45) is 0 Å². The lowest BCUT2D eigenvalue weighted by molar-refractivity contribution is 0.0173. The second-order valence-corrected chi connectivity index (χ2v) is 11.7. The number of rotatable bonds is 8. The summed E-state index contributed by atoms with van der Waals surface area (Å²) in [5, 5.41) is 40.2. The van der Waals surface area contributed by atoms with Crippen LogP contribution in [0, 0.1) is 0 Å². The zero-order chi connectivity index (χ0) is 19.5. The predicted molar refractivity (Wildman–Crippen MR) is 93.9 cm³/mol. The molecule has 0 unspecified atom stereocenters. The summed E-state index contributed by atoms with van der Waals surface area (Å²) in [6, 6.07) is -1.17. The summed E-state index contributed by atoms with van der Waals surface area (Å²) in [4.78, 5) is 12.1. The molecule has 1 fully saturated rings. The first-order valence-electron chi connectivity index (χ1n) is 8.64. The standard InChI is InChI=1S/C15H28N4O6Si/c1-5-24-15(23)12-11(8-25-26(2,3)4)19(18-17-12)6-9-13(21)14(22)10(7-20)16-9/h9-10,13-14,16,20-22H,5-8H2,1-4H3/t9-,10-,13-,14-/m1/s1. The van der Waals surface area contributed by atoms with Crippen molar-refractivity contribution >= 4 is 14.3 Å². The summed E-state index contributed by atoms with van der Waals surface area (Å²) >= 11 is 0. The van der Waals surface area contributed by atoms with Crippen molar-refractivity contribution in [1.82, 2.24) is 20.3 Å². The molecule has 4 atom stereocenters. The fourth-order valence-electron chi connectivity index (χ4n) is 2.72. The third-order valence-corrected chi connectivity index (χ3v) is 5.13. The fraction of sp³-hybridized carbons (Fsp3) is 0.800. The Labute approximate surface area is 153 Å². The van der Waals surface area contributed by atoms with Crippen molar-refractivity contribution in [2.75, 3.05) is 13.2 Å².